The maximum Gasteiger partial charge on any atom is 0.265 e. The minimum atomic E-state index is -0.565. The van der Waals surface area contributed by atoms with Crippen LogP contribution in [0.3, 0.4) is 0 Å². The third-order valence-corrected chi connectivity index (χ3v) is 1.27. The molecule has 70 valence electrons. The second-order valence-electron chi connectivity index (χ2n) is 2.40. The lowest BCUT2D eigenvalue weighted by Crippen LogP contribution is -2.20. The Morgan fingerprint density at radius 1 is 1.92 bits per heavy atom. The van der Waals surface area contributed by atoms with Crippen molar-refractivity contribution in [2.24, 2.45) is 12.1 Å². The first-order valence-corrected chi connectivity index (χ1v) is 3.64. The number of hydrogen-bond donors (Lipinski definition) is 2. The number of aromatic nitrogens is 2. The van der Waals surface area contributed by atoms with E-state index in [2.05, 4.69) is 15.6 Å². The molecule has 0 fully saturated rings. The molecule has 0 saturated heterocycles. The molecular formula is C7H10N4O2. The summed E-state index contributed by atoms with van der Waals surface area (Å²) in [6.07, 6.45) is 4.80. The van der Waals surface area contributed by atoms with Crippen LogP contribution in [0.5, 0.6) is 0 Å². The number of carbonyl (C=O) groups excluding carboxylic acids is 1. The maximum absolute atomic E-state index is 10.5. The molecule has 0 aliphatic carbocycles. The maximum atomic E-state index is 10.5. The Hall–Kier alpha value is -1.69. The highest BCUT2D eigenvalue weighted by atomic mass is 16.3. The van der Waals surface area contributed by atoms with Gasteiger partial charge in [-0.1, -0.05) is 0 Å². The van der Waals surface area contributed by atoms with Crippen LogP contribution in [0.15, 0.2) is 17.5 Å². The standard InChI is InChI=1S/C7H10N4O2/c1-11-4-6(3-9-11)2-8-10-7(13)5-12/h2-4,12H,5H2,1H3,(H,10,13)/b8-2+. The molecule has 0 atom stereocenters. The highest BCUT2D eigenvalue weighted by Gasteiger charge is 1.93. The van der Waals surface area contributed by atoms with Crippen molar-refractivity contribution in [1.29, 1.82) is 0 Å². The van der Waals surface area contributed by atoms with Gasteiger partial charge in [0, 0.05) is 18.8 Å². The number of hydrazone groups is 1. The number of aliphatic hydroxyl groups is 1. The van der Waals surface area contributed by atoms with Gasteiger partial charge < -0.3 is 5.11 Å². The van der Waals surface area contributed by atoms with E-state index in [1.165, 1.54) is 6.21 Å². The van der Waals surface area contributed by atoms with Crippen molar-refractivity contribution in [3.63, 3.8) is 0 Å². The van der Waals surface area contributed by atoms with Gasteiger partial charge in [-0.2, -0.15) is 10.2 Å². The molecule has 0 radical (unpaired) electrons. The summed E-state index contributed by atoms with van der Waals surface area (Å²) >= 11 is 0. The number of aryl methyl sites for hydroxylation is 1. The SMILES string of the molecule is Cn1cc(/C=N/NC(=O)CO)cn1. The summed E-state index contributed by atoms with van der Waals surface area (Å²) in [6, 6.07) is 0. The van der Waals surface area contributed by atoms with Gasteiger partial charge in [0.25, 0.3) is 5.91 Å². The second-order valence-corrected chi connectivity index (χ2v) is 2.40. The highest BCUT2D eigenvalue weighted by Crippen LogP contribution is 1.89. The molecule has 1 rings (SSSR count). The molecule has 0 unspecified atom stereocenters. The summed E-state index contributed by atoms with van der Waals surface area (Å²) in [4.78, 5) is 10.5. The zero-order valence-electron chi connectivity index (χ0n) is 7.14. The van der Waals surface area contributed by atoms with Crippen LogP contribution in [-0.4, -0.2) is 33.6 Å². The lowest BCUT2D eigenvalue weighted by molar-refractivity contribution is -0.123. The van der Waals surface area contributed by atoms with E-state index in [0.29, 0.717) is 0 Å². The van der Waals surface area contributed by atoms with Crippen LogP contribution >= 0.6 is 0 Å². The first kappa shape index (κ1) is 9.40. The Kier molecular flexibility index (Phi) is 3.15. The predicted octanol–water partition coefficient (Wildman–Crippen LogP) is -1.14. The predicted molar refractivity (Wildman–Crippen MR) is 46.0 cm³/mol. The van der Waals surface area contributed by atoms with Crippen LogP contribution in [0, 0.1) is 0 Å². The van der Waals surface area contributed by atoms with E-state index in [1.54, 1.807) is 24.1 Å². The normalized spacial score (nSPS) is 10.6. The van der Waals surface area contributed by atoms with Crippen molar-refractivity contribution in [2.45, 2.75) is 0 Å². The van der Waals surface area contributed by atoms with Crippen molar-refractivity contribution < 1.29 is 9.90 Å². The zero-order chi connectivity index (χ0) is 9.68. The minimum absolute atomic E-state index is 0.542. The van der Waals surface area contributed by atoms with Crippen molar-refractivity contribution in [2.75, 3.05) is 6.61 Å². The molecule has 0 bridgehead atoms. The Bertz CT molecular complexity index is 318. The Balaban J connectivity index is 2.45. The summed E-state index contributed by atoms with van der Waals surface area (Å²) in [5, 5.41) is 15.8. The lowest BCUT2D eigenvalue weighted by Gasteiger charge is -1.91. The molecule has 0 aromatic carbocycles. The first-order chi connectivity index (χ1) is 6.22. The number of aliphatic hydroxyl groups excluding tert-OH is 1. The van der Waals surface area contributed by atoms with E-state index in [4.69, 9.17) is 5.11 Å². The molecular weight excluding hydrogens is 172 g/mol. The minimum Gasteiger partial charge on any atom is -0.386 e. The molecule has 13 heavy (non-hydrogen) atoms. The van der Waals surface area contributed by atoms with E-state index in [1.807, 2.05) is 0 Å². The van der Waals surface area contributed by atoms with E-state index < -0.39 is 12.5 Å². The van der Waals surface area contributed by atoms with Crippen LogP contribution in [0.25, 0.3) is 0 Å². The van der Waals surface area contributed by atoms with Crippen LogP contribution in [-0.2, 0) is 11.8 Å². The average molecular weight is 182 g/mol. The Morgan fingerprint density at radius 3 is 3.23 bits per heavy atom. The zero-order valence-corrected chi connectivity index (χ0v) is 7.14. The van der Waals surface area contributed by atoms with Crippen LogP contribution < -0.4 is 5.43 Å². The van der Waals surface area contributed by atoms with Crippen LogP contribution in [0.4, 0.5) is 0 Å². The molecule has 0 aliphatic heterocycles. The number of carbonyl (C=O) groups is 1. The molecule has 0 spiro atoms. The molecule has 1 amide bonds. The van der Waals surface area contributed by atoms with Crippen molar-refractivity contribution in [1.82, 2.24) is 15.2 Å². The summed E-state index contributed by atoms with van der Waals surface area (Å²) in [7, 11) is 1.78. The summed E-state index contributed by atoms with van der Waals surface area (Å²) in [5.74, 6) is -0.542. The Morgan fingerprint density at radius 2 is 2.69 bits per heavy atom. The average Bonchev–Trinajstić information content (AvgIpc) is 2.51. The fraction of sp³-hybridized carbons (Fsp3) is 0.286. The summed E-state index contributed by atoms with van der Waals surface area (Å²) in [6.45, 7) is -0.565. The third-order valence-electron chi connectivity index (χ3n) is 1.27. The quantitative estimate of drug-likeness (QED) is 0.458. The van der Waals surface area contributed by atoms with Gasteiger partial charge in [0.1, 0.15) is 6.61 Å². The van der Waals surface area contributed by atoms with Gasteiger partial charge in [-0.05, 0) is 0 Å². The van der Waals surface area contributed by atoms with Gasteiger partial charge >= 0.3 is 0 Å². The molecule has 6 heteroatoms. The molecule has 0 aliphatic rings. The number of nitrogens with zero attached hydrogens (tertiary/aromatic N) is 3. The monoisotopic (exact) mass is 182 g/mol. The highest BCUT2D eigenvalue weighted by molar-refractivity contribution is 5.82. The van der Waals surface area contributed by atoms with E-state index in [0.717, 1.165) is 5.56 Å². The van der Waals surface area contributed by atoms with Gasteiger partial charge in [0.15, 0.2) is 0 Å². The molecule has 1 heterocycles. The number of nitrogens with one attached hydrogen (secondary N) is 1. The van der Waals surface area contributed by atoms with Crippen LogP contribution in [0.2, 0.25) is 0 Å². The van der Waals surface area contributed by atoms with Gasteiger partial charge in [-0.25, -0.2) is 5.43 Å². The molecule has 1 aromatic heterocycles. The number of amides is 1. The topological polar surface area (TPSA) is 79.5 Å². The van der Waals surface area contributed by atoms with Crippen molar-refractivity contribution in [3.8, 4) is 0 Å². The van der Waals surface area contributed by atoms with Crippen molar-refractivity contribution >= 4 is 12.1 Å². The van der Waals surface area contributed by atoms with Crippen molar-refractivity contribution in [3.05, 3.63) is 18.0 Å². The summed E-state index contributed by atoms with van der Waals surface area (Å²) in [5.41, 5.74) is 2.91. The fourth-order valence-electron chi connectivity index (χ4n) is 0.721. The second kappa shape index (κ2) is 4.36. The van der Waals surface area contributed by atoms with E-state index in [-0.39, 0.29) is 0 Å². The van der Waals surface area contributed by atoms with Gasteiger partial charge in [-0.15, -0.1) is 0 Å². The number of rotatable bonds is 3. The third kappa shape index (κ3) is 3.04. The number of hydrogen-bond acceptors (Lipinski definition) is 4. The molecule has 0 saturated carbocycles. The fourth-order valence-corrected chi connectivity index (χ4v) is 0.721. The van der Waals surface area contributed by atoms with E-state index >= 15 is 0 Å². The molecule has 1 aromatic rings. The lowest BCUT2D eigenvalue weighted by atomic mass is 10.4. The van der Waals surface area contributed by atoms with Gasteiger partial charge in [0.2, 0.25) is 0 Å². The largest absolute Gasteiger partial charge is 0.386 e. The molecule has 6 nitrogen and oxygen atoms in total. The van der Waals surface area contributed by atoms with Crippen LogP contribution in [0.1, 0.15) is 5.56 Å². The smallest absolute Gasteiger partial charge is 0.265 e. The Labute approximate surface area is 74.9 Å². The van der Waals surface area contributed by atoms with E-state index in [9.17, 15) is 4.79 Å². The summed E-state index contributed by atoms with van der Waals surface area (Å²) < 4.78 is 1.62. The van der Waals surface area contributed by atoms with Gasteiger partial charge in [-0.3, -0.25) is 9.48 Å². The van der Waals surface area contributed by atoms with Gasteiger partial charge in [0.05, 0.1) is 12.4 Å². The first-order valence-electron chi connectivity index (χ1n) is 3.64. The molecule has 2 N–H and O–H groups in total.